The van der Waals surface area contributed by atoms with Crippen molar-refractivity contribution in [1.82, 2.24) is 31.1 Å². The molecular formula is C37H56N6O8. The van der Waals surface area contributed by atoms with Crippen molar-refractivity contribution in [3.05, 3.63) is 35.9 Å². The highest BCUT2D eigenvalue weighted by atomic mass is 16.6. The van der Waals surface area contributed by atoms with Gasteiger partial charge in [-0.15, -0.1) is 0 Å². The molecule has 1 aromatic carbocycles. The minimum Gasteiger partial charge on any atom is -0.444 e. The number of likely N-dealkylation sites (tertiary alicyclic amines) is 1. The van der Waals surface area contributed by atoms with Gasteiger partial charge in [0, 0.05) is 20.1 Å². The van der Waals surface area contributed by atoms with E-state index >= 15 is 0 Å². The molecule has 1 heterocycles. The molecular weight excluding hydrogens is 656 g/mol. The third-order valence-electron chi connectivity index (χ3n) is 9.12. The average Bonchev–Trinajstić information content (AvgIpc) is 3.67. The molecule has 14 heteroatoms. The zero-order valence-electron chi connectivity index (χ0n) is 31.5. The van der Waals surface area contributed by atoms with E-state index in [-0.39, 0.29) is 24.3 Å². The Balaban J connectivity index is 1.73. The maximum Gasteiger partial charge on any atom is 0.408 e. The molecule has 4 N–H and O–H groups in total. The van der Waals surface area contributed by atoms with Gasteiger partial charge in [-0.2, -0.15) is 0 Å². The van der Waals surface area contributed by atoms with E-state index in [9.17, 15) is 33.6 Å². The van der Waals surface area contributed by atoms with Crippen LogP contribution in [0.25, 0.3) is 0 Å². The Hall–Kier alpha value is -4.49. The highest BCUT2D eigenvalue weighted by molar-refractivity contribution is 6.38. The van der Waals surface area contributed by atoms with Gasteiger partial charge in [-0.3, -0.25) is 28.8 Å². The number of carbonyl (C=O) groups excluding carboxylic acids is 7. The van der Waals surface area contributed by atoms with Crippen LogP contribution in [0.2, 0.25) is 0 Å². The summed E-state index contributed by atoms with van der Waals surface area (Å²) in [7, 11) is 3.12. The molecule has 2 aliphatic rings. The van der Waals surface area contributed by atoms with Crippen LogP contribution in [0.4, 0.5) is 4.79 Å². The van der Waals surface area contributed by atoms with Gasteiger partial charge in [0.15, 0.2) is 0 Å². The topological polar surface area (TPSA) is 183 Å². The van der Waals surface area contributed by atoms with Crippen LogP contribution in [-0.2, 0) is 33.5 Å². The molecule has 51 heavy (non-hydrogen) atoms. The van der Waals surface area contributed by atoms with E-state index in [1.807, 2.05) is 27.7 Å². The molecule has 0 radical (unpaired) electrons. The standard InChI is InChI=1S/C37H56N6O8/c1-10-11-17-25(29(45)32(47)38-21-26(44)40-27(33(48)42(8)9)22-15-13-12-14-16-22)39-31(46)28-23-18-19-24(20-23)43(28)34(49)30(36(2,3)4)41-35(50)51-37(5,6)7/h12-16,23-25,27-28,30H,10-11,17-21H2,1-9H3,(H,38,47)(H,39,46)(H,40,44)(H,41,50)/t23?,24?,25?,27-,28?,30+/m1/s1. The summed E-state index contributed by atoms with van der Waals surface area (Å²) in [5, 5.41) is 10.4. The molecule has 2 bridgehead atoms. The Kier molecular flexibility index (Phi) is 13.8. The van der Waals surface area contributed by atoms with Gasteiger partial charge in [0.2, 0.25) is 29.4 Å². The number of nitrogens with one attached hydrogen (secondary N) is 4. The lowest BCUT2D eigenvalue weighted by molar-refractivity contribution is -0.147. The van der Waals surface area contributed by atoms with Crippen molar-refractivity contribution in [2.24, 2.45) is 11.3 Å². The molecule has 1 saturated heterocycles. The molecule has 1 aromatic rings. The van der Waals surface area contributed by atoms with Crippen molar-refractivity contribution in [3.63, 3.8) is 0 Å². The average molecular weight is 713 g/mol. The molecule has 3 rings (SSSR count). The molecule has 6 amide bonds. The van der Waals surface area contributed by atoms with Gasteiger partial charge in [0.25, 0.3) is 5.91 Å². The molecule has 2 fully saturated rings. The number of carbonyl (C=O) groups is 7. The first-order valence-electron chi connectivity index (χ1n) is 17.7. The molecule has 1 aliphatic heterocycles. The summed E-state index contributed by atoms with van der Waals surface area (Å²) in [6.07, 6.45) is 2.68. The van der Waals surface area contributed by atoms with Gasteiger partial charge in [-0.25, -0.2) is 4.79 Å². The predicted octanol–water partition coefficient (Wildman–Crippen LogP) is 2.61. The minimum atomic E-state index is -1.19. The minimum absolute atomic E-state index is 0.150. The van der Waals surface area contributed by atoms with Crippen LogP contribution in [0.5, 0.6) is 0 Å². The van der Waals surface area contributed by atoms with E-state index in [2.05, 4.69) is 21.3 Å². The van der Waals surface area contributed by atoms with Crippen LogP contribution in [0.3, 0.4) is 0 Å². The maximum absolute atomic E-state index is 14.2. The number of alkyl carbamates (subject to hydrolysis) is 1. The number of hydrogen-bond donors (Lipinski definition) is 4. The second kappa shape index (κ2) is 17.1. The molecule has 0 spiro atoms. The first-order valence-corrected chi connectivity index (χ1v) is 17.7. The monoisotopic (exact) mass is 712 g/mol. The van der Waals surface area contributed by atoms with E-state index in [1.54, 1.807) is 70.1 Å². The van der Waals surface area contributed by atoms with Gasteiger partial charge in [-0.1, -0.05) is 70.9 Å². The molecule has 1 saturated carbocycles. The van der Waals surface area contributed by atoms with Crippen LogP contribution in [0.1, 0.15) is 98.6 Å². The second-order valence-corrected chi connectivity index (χ2v) is 15.8. The first-order chi connectivity index (χ1) is 23.7. The number of nitrogens with zero attached hydrogens (tertiary/aromatic N) is 2. The number of ketones is 1. The molecule has 4 unspecified atom stereocenters. The van der Waals surface area contributed by atoms with Crippen LogP contribution >= 0.6 is 0 Å². The smallest absolute Gasteiger partial charge is 0.408 e. The van der Waals surface area contributed by atoms with Crippen molar-refractivity contribution < 1.29 is 38.3 Å². The van der Waals surface area contributed by atoms with Crippen molar-refractivity contribution >= 4 is 41.4 Å². The number of hydrogen-bond acceptors (Lipinski definition) is 8. The first kappa shape index (κ1) is 40.9. The number of amides is 6. The summed E-state index contributed by atoms with van der Waals surface area (Å²) in [6.45, 7) is 12.0. The number of Topliss-reactive ketones (excluding diaryl/α,β-unsaturated/α-hetero) is 1. The van der Waals surface area contributed by atoms with Crippen molar-refractivity contribution in [2.75, 3.05) is 20.6 Å². The Labute approximate surface area is 301 Å². The predicted molar refractivity (Wildman–Crippen MR) is 190 cm³/mol. The van der Waals surface area contributed by atoms with Crippen LogP contribution in [-0.4, -0.2) is 102 Å². The SMILES string of the molecule is CCCCC(NC(=O)C1C2CCC(C2)N1C(=O)[C@H](NC(=O)OC(C)(C)C)C(C)(C)C)C(=O)C(=O)NCC(=O)N[C@@H](C(=O)N(C)C)c1ccccc1. The number of rotatable bonds is 14. The molecule has 1 aliphatic carbocycles. The highest BCUT2D eigenvalue weighted by Crippen LogP contribution is 2.43. The van der Waals surface area contributed by atoms with E-state index in [0.29, 0.717) is 31.2 Å². The molecule has 282 valence electrons. The van der Waals surface area contributed by atoms with E-state index in [4.69, 9.17) is 4.74 Å². The van der Waals surface area contributed by atoms with Gasteiger partial charge in [0.1, 0.15) is 23.7 Å². The maximum atomic E-state index is 14.2. The van der Waals surface area contributed by atoms with E-state index in [0.717, 1.165) is 6.42 Å². The number of piperidine rings is 1. The largest absolute Gasteiger partial charge is 0.444 e. The van der Waals surface area contributed by atoms with E-state index in [1.165, 1.54) is 4.90 Å². The van der Waals surface area contributed by atoms with Crippen molar-refractivity contribution in [2.45, 2.75) is 123 Å². The van der Waals surface area contributed by atoms with Crippen LogP contribution in [0.15, 0.2) is 30.3 Å². The number of unbranched alkanes of at least 4 members (excludes halogenated alkanes) is 1. The molecule has 0 aromatic heterocycles. The van der Waals surface area contributed by atoms with Crippen LogP contribution in [0, 0.1) is 11.3 Å². The van der Waals surface area contributed by atoms with Gasteiger partial charge >= 0.3 is 6.09 Å². The Morgan fingerprint density at radius 2 is 1.57 bits per heavy atom. The molecule has 6 atom stereocenters. The summed E-state index contributed by atoms with van der Waals surface area (Å²) >= 11 is 0. The number of likely N-dealkylation sites (N-methyl/N-ethyl adjacent to an activating group) is 1. The molecule has 14 nitrogen and oxygen atoms in total. The van der Waals surface area contributed by atoms with Gasteiger partial charge < -0.3 is 35.8 Å². The summed E-state index contributed by atoms with van der Waals surface area (Å²) < 4.78 is 5.43. The lowest BCUT2D eigenvalue weighted by Crippen LogP contribution is -2.62. The number of fused-ring (bicyclic) bond motifs is 2. The zero-order valence-corrected chi connectivity index (χ0v) is 31.5. The summed E-state index contributed by atoms with van der Waals surface area (Å²) in [5.41, 5.74) is -0.949. The quantitative estimate of drug-likeness (QED) is 0.212. The fourth-order valence-corrected chi connectivity index (χ4v) is 6.61. The normalized spacial score (nSPS) is 20.0. The Morgan fingerprint density at radius 1 is 0.922 bits per heavy atom. The lowest BCUT2D eigenvalue weighted by atomic mass is 9.85. The van der Waals surface area contributed by atoms with Crippen LogP contribution < -0.4 is 21.3 Å². The number of ether oxygens (including phenoxy) is 1. The third kappa shape index (κ3) is 11.0. The summed E-state index contributed by atoms with van der Waals surface area (Å²) in [5.74, 6) is -4.15. The fourth-order valence-electron chi connectivity index (χ4n) is 6.61. The van der Waals surface area contributed by atoms with Gasteiger partial charge in [0.05, 0.1) is 12.6 Å². The second-order valence-electron chi connectivity index (χ2n) is 15.8. The fraction of sp³-hybridized carbons (Fsp3) is 0.649. The third-order valence-corrected chi connectivity index (χ3v) is 9.12. The van der Waals surface area contributed by atoms with Crippen molar-refractivity contribution in [3.8, 4) is 0 Å². The van der Waals surface area contributed by atoms with E-state index < -0.39 is 77.2 Å². The van der Waals surface area contributed by atoms with Crippen molar-refractivity contribution in [1.29, 1.82) is 0 Å². The lowest BCUT2D eigenvalue weighted by Gasteiger charge is -2.40. The number of benzene rings is 1. The zero-order chi connectivity index (χ0) is 38.3. The van der Waals surface area contributed by atoms with Gasteiger partial charge in [-0.05, 0) is 63.4 Å². The summed E-state index contributed by atoms with van der Waals surface area (Å²) in [6, 6.07) is 4.35. The highest BCUT2D eigenvalue weighted by Gasteiger charge is 2.54. The summed E-state index contributed by atoms with van der Waals surface area (Å²) in [4.78, 5) is 96.0. The Morgan fingerprint density at radius 3 is 2.14 bits per heavy atom. The Bertz CT molecular complexity index is 1450.